The number of likely N-dealkylation sites (N-methyl/N-ethyl adjacent to an activating group) is 1. The van der Waals surface area contributed by atoms with E-state index in [9.17, 15) is 13.5 Å². The molecule has 2 aromatic rings. The number of aliphatic hydroxyl groups is 2. The Morgan fingerprint density at radius 2 is 1.63 bits per heavy atom. The molecule has 5 nitrogen and oxygen atoms in total. The van der Waals surface area contributed by atoms with Crippen molar-refractivity contribution < 1.29 is 18.6 Å². The molecular weight excluding hydrogens is 458 g/mol. The Kier molecular flexibility index (Phi) is 9.90. The first-order valence-corrected chi connectivity index (χ1v) is 14.0. The predicted molar refractivity (Wildman–Crippen MR) is 145 cm³/mol. The molecule has 1 aliphatic rings. The van der Waals surface area contributed by atoms with Crippen molar-refractivity contribution in [2.75, 3.05) is 37.5 Å². The van der Waals surface area contributed by atoms with Gasteiger partial charge in [-0.05, 0) is 36.5 Å². The molecule has 188 valence electrons. The highest BCUT2D eigenvalue weighted by Gasteiger charge is 2.44. The molecule has 2 aromatic carbocycles. The standard InChI is InChI=1S/C29H37NO4S/c1-30(21-23-32)28-14-8-7-13-27(28)29(35(33,34)24-10-3-2-9-22-31)19-17-26(18-20-29)16-15-25-11-5-4-6-12-25/h4-8,11-19,31-32H,2-3,9-10,20-24H2,1H3. The van der Waals surface area contributed by atoms with Crippen LogP contribution in [0.4, 0.5) is 5.69 Å². The zero-order valence-corrected chi connectivity index (χ0v) is 21.3. The van der Waals surface area contributed by atoms with Gasteiger partial charge in [0, 0.05) is 31.5 Å². The fourth-order valence-electron chi connectivity index (χ4n) is 4.49. The summed E-state index contributed by atoms with van der Waals surface area (Å²) >= 11 is 0. The molecule has 3 rings (SSSR count). The maximum Gasteiger partial charge on any atom is 0.164 e. The molecular formula is C29H37NO4S. The lowest BCUT2D eigenvalue weighted by Crippen LogP contribution is -2.38. The molecule has 35 heavy (non-hydrogen) atoms. The highest BCUT2D eigenvalue weighted by molar-refractivity contribution is 7.92. The molecule has 0 radical (unpaired) electrons. The number of anilines is 1. The number of nitrogens with zero attached hydrogens (tertiary/aromatic N) is 1. The van der Waals surface area contributed by atoms with Gasteiger partial charge >= 0.3 is 0 Å². The van der Waals surface area contributed by atoms with Gasteiger partial charge in [0.2, 0.25) is 0 Å². The van der Waals surface area contributed by atoms with E-state index in [1.807, 2.05) is 96.9 Å². The van der Waals surface area contributed by atoms with Crippen molar-refractivity contribution in [3.63, 3.8) is 0 Å². The Labute approximate surface area is 210 Å². The zero-order valence-electron chi connectivity index (χ0n) is 20.5. The largest absolute Gasteiger partial charge is 0.396 e. The minimum atomic E-state index is -3.55. The van der Waals surface area contributed by atoms with Crippen molar-refractivity contribution in [3.05, 3.63) is 95.6 Å². The average Bonchev–Trinajstić information content (AvgIpc) is 2.88. The van der Waals surface area contributed by atoms with Crippen LogP contribution in [0.1, 0.15) is 43.2 Å². The van der Waals surface area contributed by atoms with E-state index in [2.05, 4.69) is 0 Å². The van der Waals surface area contributed by atoms with E-state index in [-0.39, 0.29) is 19.0 Å². The molecule has 1 atom stereocenters. The smallest absolute Gasteiger partial charge is 0.164 e. The predicted octanol–water partition coefficient (Wildman–Crippen LogP) is 4.88. The van der Waals surface area contributed by atoms with Crippen LogP contribution in [0.2, 0.25) is 0 Å². The van der Waals surface area contributed by atoms with Gasteiger partial charge in [-0.15, -0.1) is 0 Å². The zero-order chi connectivity index (χ0) is 25.2. The van der Waals surface area contributed by atoms with Gasteiger partial charge in [-0.2, -0.15) is 0 Å². The van der Waals surface area contributed by atoms with E-state index >= 15 is 0 Å². The van der Waals surface area contributed by atoms with Crippen LogP contribution in [-0.2, 0) is 14.6 Å². The number of benzene rings is 2. The van der Waals surface area contributed by atoms with Crippen LogP contribution in [-0.4, -0.2) is 51.2 Å². The highest BCUT2D eigenvalue weighted by atomic mass is 32.2. The fourth-order valence-corrected chi connectivity index (χ4v) is 6.56. The van der Waals surface area contributed by atoms with Crippen LogP contribution in [0.5, 0.6) is 0 Å². The minimum Gasteiger partial charge on any atom is -0.396 e. The molecule has 0 saturated heterocycles. The lowest BCUT2D eigenvalue weighted by Gasteiger charge is -2.36. The van der Waals surface area contributed by atoms with Crippen LogP contribution in [0, 0.1) is 0 Å². The van der Waals surface area contributed by atoms with Crippen molar-refractivity contribution >= 4 is 21.6 Å². The Bertz CT molecular complexity index is 1140. The van der Waals surface area contributed by atoms with Crippen LogP contribution in [0.15, 0.2) is 84.5 Å². The Morgan fingerprint density at radius 3 is 2.31 bits per heavy atom. The maximum atomic E-state index is 13.9. The lowest BCUT2D eigenvalue weighted by molar-refractivity contribution is 0.283. The molecule has 0 saturated carbocycles. The second kappa shape index (κ2) is 12.9. The number of para-hydroxylation sites is 1. The summed E-state index contributed by atoms with van der Waals surface area (Å²) in [4.78, 5) is 1.91. The third-order valence-electron chi connectivity index (χ3n) is 6.54. The summed E-state index contributed by atoms with van der Waals surface area (Å²) in [5.41, 5.74) is 3.62. The van der Waals surface area contributed by atoms with Crippen LogP contribution >= 0.6 is 0 Å². The number of aliphatic hydroxyl groups excluding tert-OH is 2. The first kappa shape index (κ1) is 26.9. The first-order valence-electron chi connectivity index (χ1n) is 12.3. The fraction of sp³-hybridized carbons (Fsp3) is 0.379. The number of hydrogen-bond acceptors (Lipinski definition) is 5. The first-order chi connectivity index (χ1) is 16.9. The van der Waals surface area contributed by atoms with E-state index in [0.29, 0.717) is 25.8 Å². The Balaban J connectivity index is 1.95. The molecule has 0 aliphatic heterocycles. The minimum absolute atomic E-state index is 0.0143. The van der Waals surface area contributed by atoms with E-state index in [0.717, 1.165) is 35.2 Å². The molecule has 0 bridgehead atoms. The molecule has 6 heteroatoms. The number of allylic oxidation sites excluding steroid dienone is 4. The van der Waals surface area contributed by atoms with Gasteiger partial charge < -0.3 is 15.1 Å². The topological polar surface area (TPSA) is 77.8 Å². The molecule has 0 amide bonds. The average molecular weight is 496 g/mol. The summed E-state index contributed by atoms with van der Waals surface area (Å²) in [7, 11) is -1.68. The van der Waals surface area contributed by atoms with Gasteiger partial charge in [-0.1, -0.05) is 91.8 Å². The third-order valence-corrected chi connectivity index (χ3v) is 9.00. The van der Waals surface area contributed by atoms with Gasteiger partial charge in [-0.25, -0.2) is 8.42 Å². The molecule has 0 fully saturated rings. The number of sulfone groups is 1. The highest BCUT2D eigenvalue weighted by Crippen LogP contribution is 2.44. The molecule has 1 unspecified atom stereocenters. The summed E-state index contributed by atoms with van der Waals surface area (Å²) in [6, 6.07) is 17.6. The third kappa shape index (κ3) is 6.72. The van der Waals surface area contributed by atoms with Crippen LogP contribution in [0.3, 0.4) is 0 Å². The lowest BCUT2D eigenvalue weighted by atomic mass is 9.87. The van der Waals surface area contributed by atoms with Gasteiger partial charge in [0.25, 0.3) is 0 Å². The van der Waals surface area contributed by atoms with Crippen molar-refractivity contribution in [2.24, 2.45) is 0 Å². The second-order valence-electron chi connectivity index (χ2n) is 8.99. The van der Waals surface area contributed by atoms with E-state index in [1.165, 1.54) is 0 Å². The summed E-state index contributed by atoms with van der Waals surface area (Å²) in [6.45, 7) is 0.534. The molecule has 0 heterocycles. The number of unbranched alkanes of at least 4 members (excludes halogenated alkanes) is 3. The van der Waals surface area contributed by atoms with Gasteiger partial charge in [0.15, 0.2) is 9.84 Å². The summed E-state index contributed by atoms with van der Waals surface area (Å²) in [5, 5.41) is 18.5. The van der Waals surface area contributed by atoms with Crippen molar-refractivity contribution in [3.8, 4) is 0 Å². The molecule has 0 spiro atoms. The Hall–Kier alpha value is -2.67. The van der Waals surface area contributed by atoms with Crippen molar-refractivity contribution in [1.82, 2.24) is 0 Å². The number of rotatable bonds is 13. The summed E-state index contributed by atoms with van der Waals surface area (Å²) in [5.74, 6) is 0.0871. The van der Waals surface area contributed by atoms with Gasteiger partial charge in [-0.3, -0.25) is 0 Å². The molecule has 1 aliphatic carbocycles. The summed E-state index contributed by atoms with van der Waals surface area (Å²) in [6.07, 6.45) is 13.0. The Morgan fingerprint density at radius 1 is 0.914 bits per heavy atom. The summed E-state index contributed by atoms with van der Waals surface area (Å²) < 4.78 is 26.7. The van der Waals surface area contributed by atoms with Crippen LogP contribution < -0.4 is 4.90 Å². The van der Waals surface area contributed by atoms with Gasteiger partial charge in [0.1, 0.15) is 4.75 Å². The van der Waals surface area contributed by atoms with E-state index < -0.39 is 14.6 Å². The van der Waals surface area contributed by atoms with Gasteiger partial charge in [0.05, 0.1) is 12.4 Å². The monoisotopic (exact) mass is 495 g/mol. The van der Waals surface area contributed by atoms with Crippen LogP contribution in [0.25, 0.3) is 6.08 Å². The maximum absolute atomic E-state index is 13.9. The van der Waals surface area contributed by atoms with Crippen molar-refractivity contribution in [1.29, 1.82) is 0 Å². The second-order valence-corrected chi connectivity index (χ2v) is 11.4. The SMILES string of the molecule is CN(CCO)c1ccccc1C1(S(=O)(=O)CCCCCCO)C=CC(C=Cc2ccccc2)=CC1. The van der Waals surface area contributed by atoms with Crippen molar-refractivity contribution in [2.45, 2.75) is 36.9 Å². The van der Waals surface area contributed by atoms with E-state index in [1.54, 1.807) is 0 Å². The normalized spacial score (nSPS) is 18.1. The quantitative estimate of drug-likeness (QED) is 0.388. The molecule has 2 N–H and O–H groups in total. The number of hydrogen-bond donors (Lipinski definition) is 2. The van der Waals surface area contributed by atoms with E-state index in [4.69, 9.17) is 5.11 Å². The molecule has 0 aromatic heterocycles.